The number of phenolic OH excluding ortho intramolecular Hbond substituents is 1. The van der Waals surface area contributed by atoms with Gasteiger partial charge in [-0.05, 0) is 19.4 Å². The molecular formula is C10H15NO. The summed E-state index contributed by atoms with van der Waals surface area (Å²) in [5, 5.41) is 9.46. The Labute approximate surface area is 73.0 Å². The highest BCUT2D eigenvalue weighted by atomic mass is 16.3. The molecule has 1 atom stereocenters. The smallest absolute Gasteiger partial charge is 0.120 e. The second kappa shape index (κ2) is 3.59. The lowest BCUT2D eigenvalue weighted by molar-refractivity contribution is 0.460. The molecular weight excluding hydrogens is 150 g/mol. The van der Waals surface area contributed by atoms with E-state index in [1.54, 1.807) is 6.07 Å². The van der Waals surface area contributed by atoms with Gasteiger partial charge in [0.25, 0.3) is 0 Å². The van der Waals surface area contributed by atoms with Gasteiger partial charge in [0.2, 0.25) is 0 Å². The number of rotatable bonds is 2. The number of benzene rings is 1. The summed E-state index contributed by atoms with van der Waals surface area (Å²) in [6.07, 6.45) is 0.844. The minimum atomic E-state index is -0.0510. The fraction of sp³-hybridized carbons (Fsp3) is 0.400. The molecule has 0 heterocycles. The van der Waals surface area contributed by atoms with E-state index < -0.39 is 0 Å². The van der Waals surface area contributed by atoms with Crippen LogP contribution in [0.15, 0.2) is 18.2 Å². The highest BCUT2D eigenvalue weighted by molar-refractivity contribution is 5.37. The molecule has 0 spiro atoms. The molecule has 0 aliphatic rings. The highest BCUT2D eigenvalue weighted by Gasteiger charge is 2.07. The van der Waals surface area contributed by atoms with E-state index in [0.29, 0.717) is 5.75 Å². The summed E-state index contributed by atoms with van der Waals surface area (Å²) >= 11 is 0. The van der Waals surface area contributed by atoms with E-state index in [1.165, 1.54) is 0 Å². The van der Waals surface area contributed by atoms with E-state index in [9.17, 15) is 5.11 Å². The van der Waals surface area contributed by atoms with Crippen LogP contribution in [0.4, 0.5) is 0 Å². The van der Waals surface area contributed by atoms with Crippen molar-refractivity contribution in [3.8, 4) is 5.75 Å². The van der Waals surface area contributed by atoms with Gasteiger partial charge in [-0.1, -0.05) is 24.6 Å². The first-order valence-corrected chi connectivity index (χ1v) is 4.20. The summed E-state index contributed by atoms with van der Waals surface area (Å²) in [5.41, 5.74) is 7.78. The molecule has 0 aliphatic heterocycles. The Bertz CT molecular complexity index is 271. The fourth-order valence-electron chi connectivity index (χ4n) is 1.19. The monoisotopic (exact) mass is 165 g/mol. The number of phenols is 1. The van der Waals surface area contributed by atoms with Crippen molar-refractivity contribution < 1.29 is 5.11 Å². The molecule has 0 fully saturated rings. The summed E-state index contributed by atoms with van der Waals surface area (Å²) in [4.78, 5) is 0. The van der Waals surface area contributed by atoms with Crippen LogP contribution >= 0.6 is 0 Å². The van der Waals surface area contributed by atoms with E-state index in [-0.39, 0.29) is 6.04 Å². The van der Waals surface area contributed by atoms with Crippen LogP contribution in [0, 0.1) is 6.92 Å². The maximum absolute atomic E-state index is 9.46. The summed E-state index contributed by atoms with van der Waals surface area (Å²) in [5.74, 6) is 0.301. The molecule has 1 rings (SSSR count). The second-order valence-electron chi connectivity index (χ2n) is 3.08. The molecule has 0 amide bonds. The molecule has 2 nitrogen and oxygen atoms in total. The maximum atomic E-state index is 9.46. The second-order valence-corrected chi connectivity index (χ2v) is 3.08. The molecule has 0 saturated carbocycles. The molecule has 12 heavy (non-hydrogen) atoms. The summed E-state index contributed by atoms with van der Waals surface area (Å²) in [6, 6.07) is 5.45. The predicted octanol–water partition coefficient (Wildman–Crippen LogP) is 2.11. The molecule has 0 aliphatic carbocycles. The van der Waals surface area contributed by atoms with Crippen LogP contribution in [-0.4, -0.2) is 5.11 Å². The van der Waals surface area contributed by atoms with Crippen LogP contribution in [0.5, 0.6) is 5.75 Å². The molecule has 3 N–H and O–H groups in total. The van der Waals surface area contributed by atoms with Crippen molar-refractivity contribution in [2.75, 3.05) is 0 Å². The number of hydrogen-bond donors (Lipinski definition) is 2. The third-order valence-electron chi connectivity index (χ3n) is 2.02. The largest absolute Gasteiger partial charge is 0.508 e. The van der Waals surface area contributed by atoms with Crippen molar-refractivity contribution in [2.24, 2.45) is 5.73 Å². The molecule has 1 aromatic carbocycles. The van der Waals surface area contributed by atoms with Crippen molar-refractivity contribution in [3.63, 3.8) is 0 Å². The Morgan fingerprint density at radius 2 is 2.17 bits per heavy atom. The minimum absolute atomic E-state index is 0.0510. The number of aromatic hydroxyl groups is 1. The summed E-state index contributed by atoms with van der Waals surface area (Å²) < 4.78 is 0. The topological polar surface area (TPSA) is 46.2 Å². The Morgan fingerprint density at radius 1 is 1.50 bits per heavy atom. The standard InChI is InChI=1S/C10H15NO/c1-3-9(11)8-6-7(2)4-5-10(8)12/h4-6,9,12H,3,11H2,1-2H3/t9-/m0/s1. The molecule has 0 saturated heterocycles. The SMILES string of the molecule is CC[C@H](N)c1cc(C)ccc1O. The first-order chi connectivity index (χ1) is 5.65. The van der Waals surface area contributed by atoms with Gasteiger partial charge in [-0.15, -0.1) is 0 Å². The van der Waals surface area contributed by atoms with Crippen LogP contribution in [0.25, 0.3) is 0 Å². The van der Waals surface area contributed by atoms with Gasteiger partial charge in [-0.2, -0.15) is 0 Å². The molecule has 0 radical (unpaired) electrons. The molecule has 0 aromatic heterocycles. The first-order valence-electron chi connectivity index (χ1n) is 4.20. The third-order valence-corrected chi connectivity index (χ3v) is 2.02. The molecule has 66 valence electrons. The first kappa shape index (κ1) is 9.07. The van der Waals surface area contributed by atoms with Gasteiger partial charge in [0.15, 0.2) is 0 Å². The molecule has 2 heteroatoms. The van der Waals surface area contributed by atoms with Crippen LogP contribution < -0.4 is 5.73 Å². The minimum Gasteiger partial charge on any atom is -0.508 e. The molecule has 1 aromatic rings. The lowest BCUT2D eigenvalue weighted by atomic mass is 10.0. The van der Waals surface area contributed by atoms with E-state index in [2.05, 4.69) is 0 Å². The number of nitrogens with two attached hydrogens (primary N) is 1. The Hall–Kier alpha value is -1.02. The van der Waals surface area contributed by atoms with Gasteiger partial charge in [0.1, 0.15) is 5.75 Å². The van der Waals surface area contributed by atoms with Gasteiger partial charge < -0.3 is 10.8 Å². The third kappa shape index (κ3) is 1.77. The maximum Gasteiger partial charge on any atom is 0.120 e. The summed E-state index contributed by atoms with van der Waals surface area (Å²) in [6.45, 7) is 4.00. The van der Waals surface area contributed by atoms with E-state index >= 15 is 0 Å². The van der Waals surface area contributed by atoms with Crippen molar-refractivity contribution in [2.45, 2.75) is 26.3 Å². The van der Waals surface area contributed by atoms with Crippen LogP contribution in [0.2, 0.25) is 0 Å². The Kier molecular flexibility index (Phi) is 2.71. The Balaban J connectivity index is 3.04. The van der Waals surface area contributed by atoms with Crippen molar-refractivity contribution in [1.29, 1.82) is 0 Å². The molecule has 0 bridgehead atoms. The van der Waals surface area contributed by atoms with Crippen LogP contribution in [-0.2, 0) is 0 Å². The quantitative estimate of drug-likeness (QED) is 0.705. The lowest BCUT2D eigenvalue weighted by Crippen LogP contribution is -2.08. The molecule has 0 unspecified atom stereocenters. The van der Waals surface area contributed by atoms with Gasteiger partial charge in [-0.3, -0.25) is 0 Å². The van der Waals surface area contributed by atoms with Crippen molar-refractivity contribution in [3.05, 3.63) is 29.3 Å². The average molecular weight is 165 g/mol. The lowest BCUT2D eigenvalue weighted by Gasteiger charge is -2.11. The van der Waals surface area contributed by atoms with E-state index in [0.717, 1.165) is 17.5 Å². The number of hydrogen-bond acceptors (Lipinski definition) is 2. The highest BCUT2D eigenvalue weighted by Crippen LogP contribution is 2.25. The summed E-state index contributed by atoms with van der Waals surface area (Å²) in [7, 11) is 0. The van der Waals surface area contributed by atoms with Gasteiger partial charge in [0, 0.05) is 11.6 Å². The Morgan fingerprint density at radius 3 is 2.75 bits per heavy atom. The van der Waals surface area contributed by atoms with Crippen molar-refractivity contribution in [1.82, 2.24) is 0 Å². The van der Waals surface area contributed by atoms with Crippen molar-refractivity contribution >= 4 is 0 Å². The van der Waals surface area contributed by atoms with Crippen LogP contribution in [0.1, 0.15) is 30.5 Å². The zero-order chi connectivity index (χ0) is 9.14. The van der Waals surface area contributed by atoms with Gasteiger partial charge in [0.05, 0.1) is 0 Å². The number of aryl methyl sites for hydroxylation is 1. The van der Waals surface area contributed by atoms with Crippen LogP contribution in [0.3, 0.4) is 0 Å². The normalized spacial score (nSPS) is 12.9. The van der Waals surface area contributed by atoms with E-state index in [4.69, 9.17) is 5.73 Å². The zero-order valence-electron chi connectivity index (χ0n) is 7.54. The average Bonchev–Trinajstić information content (AvgIpc) is 2.08. The van der Waals surface area contributed by atoms with Gasteiger partial charge >= 0.3 is 0 Å². The fourth-order valence-corrected chi connectivity index (χ4v) is 1.19. The van der Waals surface area contributed by atoms with Gasteiger partial charge in [-0.25, -0.2) is 0 Å². The predicted molar refractivity (Wildman–Crippen MR) is 50.1 cm³/mol. The van der Waals surface area contributed by atoms with E-state index in [1.807, 2.05) is 26.0 Å². The zero-order valence-corrected chi connectivity index (χ0v) is 7.54.